The lowest BCUT2D eigenvalue weighted by Gasteiger charge is -2.07. The van der Waals surface area contributed by atoms with Crippen LogP contribution in [0.2, 0.25) is 0 Å². The number of ether oxygens (including phenoxy) is 1. The van der Waals surface area contributed by atoms with Crippen molar-refractivity contribution in [1.29, 1.82) is 0 Å². The third-order valence-corrected chi connectivity index (χ3v) is 4.25. The quantitative estimate of drug-likeness (QED) is 0.355. The van der Waals surface area contributed by atoms with Gasteiger partial charge in [-0.2, -0.15) is 0 Å². The minimum Gasteiger partial charge on any atom is -0.469 e. The number of hydrogen-bond donors (Lipinski definition) is 0. The normalized spacial score (nSPS) is 17.2. The first-order chi connectivity index (χ1) is 10.8. The van der Waals surface area contributed by atoms with Gasteiger partial charge in [0, 0.05) is 12.8 Å². The molecule has 4 heteroatoms. The van der Waals surface area contributed by atoms with E-state index in [-0.39, 0.29) is 5.97 Å². The van der Waals surface area contributed by atoms with Crippen LogP contribution in [-0.2, 0) is 14.4 Å². The fraction of sp³-hybridized carbons (Fsp3) is 0.889. The summed E-state index contributed by atoms with van der Waals surface area (Å²) < 4.78 is 4.63. The van der Waals surface area contributed by atoms with E-state index in [0.29, 0.717) is 12.5 Å². The molecule has 0 radical (unpaired) electrons. The van der Waals surface area contributed by atoms with Gasteiger partial charge >= 0.3 is 5.97 Å². The molecule has 0 spiro atoms. The Hall–Kier alpha value is -1.06. The average Bonchev–Trinajstić information content (AvgIpc) is 2.97. The Bertz CT molecular complexity index is 328. The molecule has 1 rings (SSSR count). The van der Waals surface area contributed by atoms with Crippen LogP contribution in [-0.4, -0.2) is 24.9 Å². The zero-order valence-electron chi connectivity index (χ0n) is 14.4. The van der Waals surface area contributed by atoms with Gasteiger partial charge in [-0.3, -0.25) is 4.79 Å². The second kappa shape index (κ2) is 12.5. The molecular weight excluding hydrogens is 278 g/mol. The van der Waals surface area contributed by atoms with Crippen molar-refractivity contribution in [3.8, 4) is 0 Å². The lowest BCUT2D eigenvalue weighted by molar-refractivity contribution is -0.140. The van der Waals surface area contributed by atoms with Crippen LogP contribution in [0.3, 0.4) is 0 Å². The van der Waals surface area contributed by atoms with E-state index in [1.165, 1.54) is 57.8 Å². The molecule has 0 bridgehead atoms. The molecule has 0 saturated heterocycles. The number of rotatable bonds is 13. The number of carbonyl (C=O) groups is 1. The summed E-state index contributed by atoms with van der Waals surface area (Å²) in [6, 6.07) is 0. The predicted octanol–water partition coefficient (Wildman–Crippen LogP) is 5.01. The highest BCUT2D eigenvalue weighted by molar-refractivity contribution is 5.85. The van der Waals surface area contributed by atoms with Crippen molar-refractivity contribution in [3.05, 3.63) is 0 Å². The van der Waals surface area contributed by atoms with Gasteiger partial charge in [0.05, 0.1) is 12.8 Å². The molecule has 0 aromatic heterocycles. The van der Waals surface area contributed by atoms with Crippen molar-refractivity contribution in [2.24, 2.45) is 5.16 Å². The van der Waals surface area contributed by atoms with E-state index >= 15 is 0 Å². The predicted molar refractivity (Wildman–Crippen MR) is 90.0 cm³/mol. The summed E-state index contributed by atoms with van der Waals surface area (Å²) in [6.07, 6.45) is 15.0. The smallest absolute Gasteiger partial charge is 0.305 e. The number of esters is 1. The van der Waals surface area contributed by atoms with Crippen LogP contribution in [0.1, 0.15) is 90.4 Å². The monoisotopic (exact) mass is 311 g/mol. The van der Waals surface area contributed by atoms with Crippen LogP contribution >= 0.6 is 0 Å². The molecule has 1 atom stereocenters. The van der Waals surface area contributed by atoms with E-state index in [9.17, 15) is 4.79 Å². The first-order valence-corrected chi connectivity index (χ1v) is 9.04. The van der Waals surface area contributed by atoms with Gasteiger partial charge in [0.2, 0.25) is 0 Å². The molecule has 0 aliphatic carbocycles. The van der Waals surface area contributed by atoms with Crippen molar-refractivity contribution in [2.75, 3.05) is 7.11 Å². The molecule has 0 amide bonds. The van der Waals surface area contributed by atoms with Crippen molar-refractivity contribution >= 4 is 11.7 Å². The molecule has 1 aliphatic heterocycles. The maximum absolute atomic E-state index is 11.0. The number of nitrogens with zero attached hydrogens (tertiary/aromatic N) is 1. The molecule has 0 aromatic carbocycles. The molecule has 1 aliphatic rings. The number of methoxy groups -OCH3 is 1. The molecule has 0 fully saturated rings. The summed E-state index contributed by atoms with van der Waals surface area (Å²) >= 11 is 0. The van der Waals surface area contributed by atoms with E-state index < -0.39 is 0 Å². The minimum atomic E-state index is -0.0897. The van der Waals surface area contributed by atoms with Gasteiger partial charge in [-0.25, -0.2) is 0 Å². The lowest BCUT2D eigenvalue weighted by Crippen LogP contribution is -2.07. The Morgan fingerprint density at radius 3 is 2.59 bits per heavy atom. The van der Waals surface area contributed by atoms with Crippen LogP contribution in [0, 0.1) is 0 Å². The SMILES string of the molecule is CCCCCC1=NOC(CCCCCCCCC(=O)OC)C1. The highest BCUT2D eigenvalue weighted by Crippen LogP contribution is 2.20. The number of oxime groups is 1. The van der Waals surface area contributed by atoms with Gasteiger partial charge in [0.15, 0.2) is 0 Å². The van der Waals surface area contributed by atoms with Gasteiger partial charge in [0.1, 0.15) is 6.10 Å². The molecule has 1 unspecified atom stereocenters. The summed E-state index contributed by atoms with van der Waals surface area (Å²) in [6.45, 7) is 2.23. The Labute approximate surface area is 135 Å². The fourth-order valence-electron chi connectivity index (χ4n) is 2.82. The standard InChI is InChI=1S/C18H33NO3/c1-3-4-9-12-16-15-17(22-19-16)13-10-7-5-6-8-11-14-18(20)21-2/h17H,3-15H2,1-2H3. The summed E-state index contributed by atoms with van der Waals surface area (Å²) in [4.78, 5) is 16.5. The second-order valence-corrected chi connectivity index (χ2v) is 6.28. The third-order valence-electron chi connectivity index (χ3n) is 4.25. The van der Waals surface area contributed by atoms with Crippen molar-refractivity contribution < 1.29 is 14.4 Å². The Balaban J connectivity index is 1.87. The summed E-state index contributed by atoms with van der Waals surface area (Å²) in [5.74, 6) is -0.0897. The Morgan fingerprint density at radius 1 is 1.14 bits per heavy atom. The summed E-state index contributed by atoms with van der Waals surface area (Å²) in [5.41, 5.74) is 1.27. The van der Waals surface area contributed by atoms with Crippen molar-refractivity contribution in [1.82, 2.24) is 0 Å². The lowest BCUT2D eigenvalue weighted by atomic mass is 10.0. The number of unbranched alkanes of at least 4 members (excludes halogenated alkanes) is 7. The zero-order chi connectivity index (χ0) is 16.0. The van der Waals surface area contributed by atoms with Crippen molar-refractivity contribution in [3.63, 3.8) is 0 Å². The van der Waals surface area contributed by atoms with Gasteiger partial charge in [-0.05, 0) is 32.1 Å². The molecule has 1 heterocycles. The Morgan fingerprint density at radius 2 is 1.86 bits per heavy atom. The highest BCUT2D eigenvalue weighted by atomic mass is 16.6. The molecule has 0 aromatic rings. The van der Waals surface area contributed by atoms with Crippen LogP contribution in [0.5, 0.6) is 0 Å². The highest BCUT2D eigenvalue weighted by Gasteiger charge is 2.19. The van der Waals surface area contributed by atoms with Crippen LogP contribution in [0.4, 0.5) is 0 Å². The van der Waals surface area contributed by atoms with E-state index in [4.69, 9.17) is 4.84 Å². The van der Waals surface area contributed by atoms with Crippen LogP contribution < -0.4 is 0 Å². The second-order valence-electron chi connectivity index (χ2n) is 6.28. The Kier molecular flexibility index (Phi) is 10.8. The van der Waals surface area contributed by atoms with Gasteiger partial charge in [0.25, 0.3) is 0 Å². The molecule has 0 N–H and O–H groups in total. The van der Waals surface area contributed by atoms with Gasteiger partial charge in [-0.1, -0.05) is 50.6 Å². The molecule has 4 nitrogen and oxygen atoms in total. The first kappa shape index (κ1) is 19.0. The maximum atomic E-state index is 11.0. The van der Waals surface area contributed by atoms with E-state index in [2.05, 4.69) is 16.8 Å². The topological polar surface area (TPSA) is 47.9 Å². The summed E-state index contributed by atoms with van der Waals surface area (Å²) in [5, 5.41) is 4.23. The van der Waals surface area contributed by atoms with Gasteiger partial charge < -0.3 is 9.57 Å². The minimum absolute atomic E-state index is 0.0897. The summed E-state index contributed by atoms with van der Waals surface area (Å²) in [7, 11) is 1.45. The average molecular weight is 311 g/mol. The maximum Gasteiger partial charge on any atom is 0.305 e. The van der Waals surface area contributed by atoms with E-state index in [0.717, 1.165) is 32.1 Å². The van der Waals surface area contributed by atoms with Crippen LogP contribution in [0.25, 0.3) is 0 Å². The number of carbonyl (C=O) groups excluding carboxylic acids is 1. The molecule has 0 saturated carbocycles. The zero-order valence-corrected chi connectivity index (χ0v) is 14.4. The molecular formula is C18H33NO3. The molecule has 22 heavy (non-hydrogen) atoms. The van der Waals surface area contributed by atoms with Crippen molar-refractivity contribution in [2.45, 2.75) is 96.5 Å². The van der Waals surface area contributed by atoms with E-state index in [1.54, 1.807) is 0 Å². The number of hydrogen-bond acceptors (Lipinski definition) is 4. The largest absolute Gasteiger partial charge is 0.469 e. The molecule has 128 valence electrons. The van der Waals surface area contributed by atoms with Crippen LogP contribution in [0.15, 0.2) is 5.16 Å². The van der Waals surface area contributed by atoms with E-state index in [1.807, 2.05) is 0 Å². The third kappa shape index (κ3) is 9.06. The first-order valence-electron chi connectivity index (χ1n) is 9.04. The fourth-order valence-corrected chi connectivity index (χ4v) is 2.82. The van der Waals surface area contributed by atoms with Gasteiger partial charge in [-0.15, -0.1) is 0 Å².